The second-order valence-corrected chi connectivity index (χ2v) is 6.81. The van der Waals surface area contributed by atoms with Crippen LogP contribution in [0.2, 0.25) is 0 Å². The van der Waals surface area contributed by atoms with Crippen molar-refractivity contribution in [2.75, 3.05) is 18.6 Å². The van der Waals surface area contributed by atoms with E-state index >= 15 is 0 Å². The molecule has 1 aromatic heterocycles. The Bertz CT molecular complexity index is 488. The Morgan fingerprint density at radius 3 is 2.88 bits per heavy atom. The van der Waals surface area contributed by atoms with Gasteiger partial charge in [-0.2, -0.15) is 0 Å². The number of rotatable bonds is 5. The van der Waals surface area contributed by atoms with Crippen molar-refractivity contribution in [3.8, 4) is 0 Å². The molecular formula is C13H17NOS2. The summed E-state index contributed by atoms with van der Waals surface area (Å²) in [6.45, 7) is 2.96. The summed E-state index contributed by atoms with van der Waals surface area (Å²) >= 11 is 1.83. The van der Waals surface area contributed by atoms with E-state index in [0.29, 0.717) is 6.04 Å². The molecular weight excluding hydrogens is 250 g/mol. The van der Waals surface area contributed by atoms with Crippen LogP contribution in [0.5, 0.6) is 0 Å². The van der Waals surface area contributed by atoms with Crippen molar-refractivity contribution < 1.29 is 4.21 Å². The molecule has 0 spiro atoms. The van der Waals surface area contributed by atoms with Crippen LogP contribution in [0.25, 0.3) is 10.1 Å². The molecule has 2 atom stereocenters. The van der Waals surface area contributed by atoms with Gasteiger partial charge in [0.25, 0.3) is 0 Å². The van der Waals surface area contributed by atoms with Crippen LogP contribution >= 0.6 is 11.3 Å². The van der Waals surface area contributed by atoms with Crippen molar-refractivity contribution in [1.29, 1.82) is 0 Å². The van der Waals surface area contributed by atoms with E-state index in [1.165, 1.54) is 15.0 Å². The molecule has 1 heterocycles. The minimum absolute atomic E-state index is 0.330. The SMILES string of the molecule is CC(NCCS(C)=O)c1cc2ccccc2s1. The molecule has 2 aromatic rings. The third kappa shape index (κ3) is 3.37. The molecule has 0 saturated carbocycles. The number of hydrogen-bond donors (Lipinski definition) is 1. The predicted octanol–water partition coefficient (Wildman–Crippen LogP) is 2.93. The molecule has 0 aliphatic rings. The Labute approximate surface area is 109 Å². The molecule has 0 fully saturated rings. The second kappa shape index (κ2) is 5.76. The summed E-state index contributed by atoms with van der Waals surface area (Å²) in [6, 6.07) is 11.0. The van der Waals surface area contributed by atoms with Crippen molar-refractivity contribution in [2.45, 2.75) is 13.0 Å². The van der Waals surface area contributed by atoms with Crippen LogP contribution in [0.1, 0.15) is 17.8 Å². The van der Waals surface area contributed by atoms with Gasteiger partial charge in [0, 0.05) is 45.0 Å². The molecule has 1 N–H and O–H groups in total. The summed E-state index contributed by atoms with van der Waals surface area (Å²) in [5.41, 5.74) is 0. The third-order valence-electron chi connectivity index (χ3n) is 2.71. The van der Waals surface area contributed by atoms with Crippen LogP contribution in [-0.2, 0) is 10.8 Å². The van der Waals surface area contributed by atoms with Gasteiger partial charge in [-0.1, -0.05) is 18.2 Å². The standard InChI is InChI=1S/C13H17NOS2/c1-10(14-7-8-17(2)15)13-9-11-5-3-4-6-12(11)16-13/h3-6,9-10,14H,7-8H2,1-2H3. The van der Waals surface area contributed by atoms with Crippen LogP contribution in [0.4, 0.5) is 0 Å². The van der Waals surface area contributed by atoms with Crippen LogP contribution in [-0.4, -0.2) is 22.8 Å². The lowest BCUT2D eigenvalue weighted by Crippen LogP contribution is -2.22. The Morgan fingerprint density at radius 1 is 1.41 bits per heavy atom. The summed E-state index contributed by atoms with van der Waals surface area (Å²) in [6.07, 6.45) is 1.74. The molecule has 92 valence electrons. The maximum absolute atomic E-state index is 11.0. The van der Waals surface area contributed by atoms with E-state index in [-0.39, 0.29) is 0 Å². The summed E-state index contributed by atoms with van der Waals surface area (Å²) < 4.78 is 12.3. The smallest absolute Gasteiger partial charge is 0.0386 e. The van der Waals surface area contributed by atoms with Crippen molar-refractivity contribution in [1.82, 2.24) is 5.32 Å². The van der Waals surface area contributed by atoms with Gasteiger partial charge >= 0.3 is 0 Å². The fourth-order valence-electron chi connectivity index (χ4n) is 1.74. The minimum atomic E-state index is -0.712. The molecule has 0 radical (unpaired) electrons. The van der Waals surface area contributed by atoms with Gasteiger partial charge in [-0.05, 0) is 24.4 Å². The Hall–Kier alpha value is -0.710. The first-order valence-corrected chi connectivity index (χ1v) is 8.23. The summed E-state index contributed by atoms with van der Waals surface area (Å²) in [4.78, 5) is 1.34. The van der Waals surface area contributed by atoms with Crippen LogP contribution in [0, 0.1) is 0 Å². The van der Waals surface area contributed by atoms with Gasteiger partial charge < -0.3 is 5.32 Å². The van der Waals surface area contributed by atoms with Gasteiger partial charge in [-0.3, -0.25) is 4.21 Å². The lowest BCUT2D eigenvalue weighted by Gasteiger charge is -2.10. The van der Waals surface area contributed by atoms with E-state index in [9.17, 15) is 4.21 Å². The lowest BCUT2D eigenvalue weighted by atomic mass is 10.2. The molecule has 2 unspecified atom stereocenters. The number of hydrogen-bond acceptors (Lipinski definition) is 3. The van der Waals surface area contributed by atoms with E-state index in [2.05, 4.69) is 42.6 Å². The Kier molecular flexibility index (Phi) is 4.31. The zero-order chi connectivity index (χ0) is 12.3. The Balaban J connectivity index is 2.03. The topological polar surface area (TPSA) is 29.1 Å². The van der Waals surface area contributed by atoms with E-state index in [0.717, 1.165) is 12.3 Å². The average molecular weight is 267 g/mol. The first-order valence-electron chi connectivity index (χ1n) is 5.68. The quantitative estimate of drug-likeness (QED) is 0.902. The van der Waals surface area contributed by atoms with Crippen LogP contribution in [0.15, 0.2) is 30.3 Å². The highest BCUT2D eigenvalue weighted by molar-refractivity contribution is 7.84. The summed E-state index contributed by atoms with van der Waals surface area (Å²) in [5, 5.41) is 4.71. The van der Waals surface area contributed by atoms with Crippen LogP contribution < -0.4 is 5.32 Å². The highest BCUT2D eigenvalue weighted by Crippen LogP contribution is 2.29. The van der Waals surface area contributed by atoms with E-state index in [4.69, 9.17) is 0 Å². The number of fused-ring (bicyclic) bond motifs is 1. The van der Waals surface area contributed by atoms with Gasteiger partial charge in [0.2, 0.25) is 0 Å². The lowest BCUT2D eigenvalue weighted by molar-refractivity contribution is 0.606. The molecule has 0 bridgehead atoms. The largest absolute Gasteiger partial charge is 0.309 e. The molecule has 0 amide bonds. The number of nitrogens with one attached hydrogen (secondary N) is 1. The highest BCUT2D eigenvalue weighted by Gasteiger charge is 2.08. The average Bonchev–Trinajstić information content (AvgIpc) is 2.71. The summed E-state index contributed by atoms with van der Waals surface area (Å²) in [7, 11) is -0.712. The van der Waals surface area contributed by atoms with Gasteiger partial charge in [0.15, 0.2) is 0 Å². The molecule has 2 nitrogen and oxygen atoms in total. The van der Waals surface area contributed by atoms with E-state index in [1.807, 2.05) is 11.3 Å². The first kappa shape index (κ1) is 12.7. The number of thiophene rings is 1. The van der Waals surface area contributed by atoms with Crippen molar-refractivity contribution in [2.24, 2.45) is 0 Å². The zero-order valence-electron chi connectivity index (χ0n) is 10.1. The van der Waals surface area contributed by atoms with Crippen molar-refractivity contribution in [3.63, 3.8) is 0 Å². The van der Waals surface area contributed by atoms with Gasteiger partial charge in [0.1, 0.15) is 0 Å². The second-order valence-electron chi connectivity index (χ2n) is 4.14. The fraction of sp³-hybridized carbons (Fsp3) is 0.385. The molecule has 1 aromatic carbocycles. The van der Waals surface area contributed by atoms with Gasteiger partial charge in [-0.15, -0.1) is 11.3 Å². The Morgan fingerprint density at radius 2 is 2.18 bits per heavy atom. The molecule has 17 heavy (non-hydrogen) atoms. The first-order chi connectivity index (χ1) is 8.16. The minimum Gasteiger partial charge on any atom is -0.309 e. The fourth-order valence-corrected chi connectivity index (χ4v) is 3.23. The van der Waals surface area contributed by atoms with Gasteiger partial charge in [-0.25, -0.2) is 0 Å². The predicted molar refractivity (Wildman–Crippen MR) is 77.2 cm³/mol. The third-order valence-corrected chi connectivity index (χ3v) is 4.79. The van der Waals surface area contributed by atoms with Gasteiger partial charge in [0.05, 0.1) is 0 Å². The maximum Gasteiger partial charge on any atom is 0.0386 e. The zero-order valence-corrected chi connectivity index (χ0v) is 11.7. The van der Waals surface area contributed by atoms with Crippen molar-refractivity contribution >= 4 is 32.2 Å². The molecule has 4 heteroatoms. The van der Waals surface area contributed by atoms with Crippen LogP contribution in [0.3, 0.4) is 0 Å². The molecule has 2 rings (SSSR count). The van der Waals surface area contributed by atoms with Crippen molar-refractivity contribution in [3.05, 3.63) is 35.2 Å². The summed E-state index contributed by atoms with van der Waals surface area (Å²) in [5.74, 6) is 0.717. The monoisotopic (exact) mass is 267 g/mol. The normalized spacial score (nSPS) is 14.9. The van der Waals surface area contributed by atoms with E-state index < -0.39 is 10.8 Å². The van der Waals surface area contributed by atoms with E-state index in [1.54, 1.807) is 6.26 Å². The molecule has 0 aliphatic heterocycles. The number of benzene rings is 1. The molecule has 0 aliphatic carbocycles. The maximum atomic E-state index is 11.0. The highest BCUT2D eigenvalue weighted by atomic mass is 32.2. The molecule has 0 saturated heterocycles.